The van der Waals surface area contributed by atoms with Gasteiger partial charge in [0.2, 0.25) is 0 Å². The number of piperidine rings is 1. The summed E-state index contributed by atoms with van der Waals surface area (Å²) in [5.74, 6) is -0.461. The van der Waals surface area contributed by atoms with Gasteiger partial charge in [0.1, 0.15) is 5.82 Å². The Kier molecular flexibility index (Phi) is 6.06. The smallest absolute Gasteiger partial charge is 0.261 e. The average molecular weight is 418 g/mol. The van der Waals surface area contributed by atoms with Gasteiger partial charge in [0.05, 0.1) is 10.6 Å². The Morgan fingerprint density at radius 1 is 0.897 bits per heavy atom. The summed E-state index contributed by atoms with van der Waals surface area (Å²) in [6.07, 6.45) is 7.49. The van der Waals surface area contributed by atoms with E-state index in [0.29, 0.717) is 17.8 Å². The molecule has 2 fully saturated rings. The lowest BCUT2D eigenvalue weighted by molar-refractivity contribution is 0.367. The summed E-state index contributed by atoms with van der Waals surface area (Å²) >= 11 is 0. The summed E-state index contributed by atoms with van der Waals surface area (Å²) in [6.45, 7) is 1.91. The number of benzene rings is 2. The van der Waals surface area contributed by atoms with Crippen molar-refractivity contribution in [3.63, 3.8) is 0 Å². The normalized spacial score (nSPS) is 18.9. The van der Waals surface area contributed by atoms with Crippen molar-refractivity contribution in [3.8, 4) is 0 Å². The highest BCUT2D eigenvalue weighted by Crippen LogP contribution is 2.26. The molecule has 0 spiro atoms. The Morgan fingerprint density at radius 2 is 1.55 bits per heavy atom. The molecule has 1 aliphatic carbocycles. The first-order valence-electron chi connectivity index (χ1n) is 10.4. The standard InChI is InChI=1S/C22H28FN3O2S/c23-17-8-10-22(11-9-17)29(27,28)25-20-6-3-7-21(16-20)26-14-12-19(13-15-26)24-18-4-1-2-5-18/h3,6-11,16,18-19,24-25H,1-2,4-5,12-15H2. The molecule has 0 aromatic heterocycles. The predicted octanol–water partition coefficient (Wildman–Crippen LogP) is 4.13. The summed E-state index contributed by atoms with van der Waals surface area (Å²) in [5, 5.41) is 3.81. The van der Waals surface area contributed by atoms with Crippen LogP contribution in [0.3, 0.4) is 0 Å². The molecule has 1 saturated heterocycles. The minimum absolute atomic E-state index is 0.0445. The van der Waals surface area contributed by atoms with E-state index in [4.69, 9.17) is 0 Å². The van der Waals surface area contributed by atoms with Crippen LogP contribution in [0.4, 0.5) is 15.8 Å². The van der Waals surface area contributed by atoms with Gasteiger partial charge in [-0.1, -0.05) is 18.9 Å². The minimum Gasteiger partial charge on any atom is -0.371 e. The first-order valence-corrected chi connectivity index (χ1v) is 11.9. The van der Waals surface area contributed by atoms with E-state index in [2.05, 4.69) is 14.9 Å². The van der Waals surface area contributed by atoms with Crippen LogP contribution in [0, 0.1) is 5.82 Å². The molecule has 2 aromatic rings. The maximum absolute atomic E-state index is 13.1. The van der Waals surface area contributed by atoms with E-state index < -0.39 is 15.8 Å². The molecule has 0 unspecified atom stereocenters. The van der Waals surface area contributed by atoms with E-state index in [9.17, 15) is 12.8 Å². The molecular formula is C22H28FN3O2S. The fourth-order valence-electron chi connectivity index (χ4n) is 4.32. The van der Waals surface area contributed by atoms with Crippen molar-refractivity contribution in [1.29, 1.82) is 0 Å². The molecule has 0 radical (unpaired) electrons. The average Bonchev–Trinajstić information content (AvgIpc) is 3.22. The maximum atomic E-state index is 13.1. The van der Waals surface area contributed by atoms with Crippen LogP contribution in [0.15, 0.2) is 53.4 Å². The number of nitrogens with zero attached hydrogens (tertiary/aromatic N) is 1. The van der Waals surface area contributed by atoms with Crippen LogP contribution in [0.5, 0.6) is 0 Å². The molecule has 1 saturated carbocycles. The summed E-state index contributed by atoms with van der Waals surface area (Å²) in [6, 6.07) is 13.6. The summed E-state index contributed by atoms with van der Waals surface area (Å²) < 4.78 is 40.8. The molecule has 5 nitrogen and oxygen atoms in total. The third-order valence-corrected chi connectivity index (χ3v) is 7.31. The predicted molar refractivity (Wildman–Crippen MR) is 114 cm³/mol. The van der Waals surface area contributed by atoms with Gasteiger partial charge in [-0.25, -0.2) is 12.8 Å². The molecule has 0 bridgehead atoms. The molecule has 1 aliphatic heterocycles. The van der Waals surface area contributed by atoms with Crippen molar-refractivity contribution in [2.24, 2.45) is 0 Å². The molecule has 4 rings (SSSR count). The SMILES string of the molecule is O=S(=O)(Nc1cccc(N2CCC(NC3CCCC3)CC2)c1)c1ccc(F)cc1. The molecular weight excluding hydrogens is 389 g/mol. The summed E-state index contributed by atoms with van der Waals surface area (Å²) in [5.41, 5.74) is 1.53. The van der Waals surface area contributed by atoms with Gasteiger partial charge < -0.3 is 10.2 Å². The monoisotopic (exact) mass is 417 g/mol. The molecule has 2 aromatic carbocycles. The Labute approximate surface area is 172 Å². The van der Waals surface area contributed by atoms with E-state index >= 15 is 0 Å². The minimum atomic E-state index is -3.74. The highest BCUT2D eigenvalue weighted by Gasteiger charge is 2.24. The fourth-order valence-corrected chi connectivity index (χ4v) is 5.37. The molecule has 7 heteroatoms. The largest absolute Gasteiger partial charge is 0.371 e. The van der Waals surface area contributed by atoms with Crippen molar-refractivity contribution in [2.75, 3.05) is 22.7 Å². The second-order valence-electron chi connectivity index (χ2n) is 8.02. The molecule has 2 N–H and O–H groups in total. The number of nitrogens with one attached hydrogen (secondary N) is 2. The number of hydrogen-bond donors (Lipinski definition) is 2. The first kappa shape index (κ1) is 20.2. The highest BCUT2D eigenvalue weighted by atomic mass is 32.2. The Bertz CT molecular complexity index is 919. The lowest BCUT2D eigenvalue weighted by Gasteiger charge is -2.35. The topological polar surface area (TPSA) is 61.4 Å². The summed E-state index contributed by atoms with van der Waals surface area (Å²) in [4.78, 5) is 2.35. The fraction of sp³-hybridized carbons (Fsp3) is 0.455. The molecule has 29 heavy (non-hydrogen) atoms. The van der Waals surface area contributed by atoms with E-state index in [1.807, 2.05) is 18.2 Å². The van der Waals surface area contributed by atoms with Crippen LogP contribution < -0.4 is 14.9 Å². The molecule has 0 atom stereocenters. The number of anilines is 2. The number of sulfonamides is 1. The Balaban J connectivity index is 1.38. The van der Waals surface area contributed by atoms with E-state index in [1.165, 1.54) is 37.8 Å². The Hall–Kier alpha value is -2.12. The van der Waals surface area contributed by atoms with Crippen LogP contribution in [0.25, 0.3) is 0 Å². The van der Waals surface area contributed by atoms with Crippen LogP contribution >= 0.6 is 0 Å². The van der Waals surface area contributed by atoms with Gasteiger partial charge in [-0.15, -0.1) is 0 Å². The van der Waals surface area contributed by atoms with Crippen LogP contribution in [-0.2, 0) is 10.0 Å². The third-order valence-electron chi connectivity index (χ3n) is 5.91. The Morgan fingerprint density at radius 3 is 2.24 bits per heavy atom. The maximum Gasteiger partial charge on any atom is 0.261 e. The zero-order chi connectivity index (χ0) is 20.3. The van der Waals surface area contributed by atoms with E-state index in [0.717, 1.165) is 43.8 Å². The second-order valence-corrected chi connectivity index (χ2v) is 9.70. The van der Waals surface area contributed by atoms with Gasteiger partial charge >= 0.3 is 0 Å². The van der Waals surface area contributed by atoms with E-state index in [1.54, 1.807) is 6.07 Å². The van der Waals surface area contributed by atoms with Crippen molar-refractivity contribution < 1.29 is 12.8 Å². The summed E-state index contributed by atoms with van der Waals surface area (Å²) in [7, 11) is -3.74. The lowest BCUT2D eigenvalue weighted by Crippen LogP contribution is -2.45. The zero-order valence-corrected chi connectivity index (χ0v) is 17.3. The van der Waals surface area contributed by atoms with Crippen LogP contribution in [0.2, 0.25) is 0 Å². The van der Waals surface area contributed by atoms with Crippen molar-refractivity contribution in [2.45, 2.75) is 55.5 Å². The first-order chi connectivity index (χ1) is 14.0. The molecule has 2 aliphatic rings. The molecule has 1 heterocycles. The quantitative estimate of drug-likeness (QED) is 0.742. The van der Waals surface area contributed by atoms with Crippen molar-refractivity contribution in [3.05, 3.63) is 54.3 Å². The van der Waals surface area contributed by atoms with Gasteiger partial charge in [0, 0.05) is 30.9 Å². The van der Waals surface area contributed by atoms with Crippen LogP contribution in [-0.4, -0.2) is 33.6 Å². The van der Waals surface area contributed by atoms with Crippen molar-refractivity contribution in [1.82, 2.24) is 5.32 Å². The number of halogens is 1. The number of rotatable bonds is 6. The van der Waals surface area contributed by atoms with Gasteiger partial charge in [0.15, 0.2) is 0 Å². The van der Waals surface area contributed by atoms with Crippen molar-refractivity contribution >= 4 is 21.4 Å². The second kappa shape index (κ2) is 8.71. The zero-order valence-electron chi connectivity index (χ0n) is 16.5. The number of hydrogen-bond acceptors (Lipinski definition) is 4. The van der Waals surface area contributed by atoms with Gasteiger partial charge in [-0.05, 0) is 68.1 Å². The van der Waals surface area contributed by atoms with Gasteiger partial charge in [0.25, 0.3) is 10.0 Å². The highest BCUT2D eigenvalue weighted by molar-refractivity contribution is 7.92. The van der Waals surface area contributed by atoms with Gasteiger partial charge in [-0.3, -0.25) is 4.72 Å². The van der Waals surface area contributed by atoms with E-state index in [-0.39, 0.29) is 4.90 Å². The van der Waals surface area contributed by atoms with Gasteiger partial charge in [-0.2, -0.15) is 0 Å². The third kappa shape index (κ3) is 5.08. The van der Waals surface area contributed by atoms with Crippen LogP contribution in [0.1, 0.15) is 38.5 Å². The lowest BCUT2D eigenvalue weighted by atomic mass is 10.0. The molecule has 0 amide bonds. The molecule has 156 valence electrons.